The van der Waals surface area contributed by atoms with Crippen molar-refractivity contribution in [2.24, 2.45) is 0 Å². The van der Waals surface area contributed by atoms with E-state index in [4.69, 9.17) is 25.7 Å². The van der Waals surface area contributed by atoms with Gasteiger partial charge in [-0.1, -0.05) is 60.7 Å². The SMILES string of the molecule is COc1cc(Cc2cnc(N)nc2N)cc2c1OC(c1ccccc1)(c1ccccc1)O2. The first-order valence-electron chi connectivity index (χ1n) is 10.2. The van der Waals surface area contributed by atoms with Crippen molar-refractivity contribution in [1.82, 2.24) is 9.97 Å². The lowest BCUT2D eigenvalue weighted by molar-refractivity contribution is -0.0467. The quantitative estimate of drug-likeness (QED) is 0.498. The number of nitrogens with zero attached hydrogens (tertiary/aromatic N) is 2. The van der Waals surface area contributed by atoms with Crippen LogP contribution in [-0.2, 0) is 12.2 Å². The summed E-state index contributed by atoms with van der Waals surface area (Å²) in [5.41, 5.74) is 15.1. The zero-order chi connectivity index (χ0) is 22.1. The van der Waals surface area contributed by atoms with Gasteiger partial charge in [-0.05, 0) is 17.7 Å². The molecule has 1 aromatic heterocycles. The van der Waals surface area contributed by atoms with Crippen molar-refractivity contribution in [1.29, 1.82) is 0 Å². The van der Waals surface area contributed by atoms with Crippen molar-refractivity contribution in [3.05, 3.63) is 101 Å². The maximum Gasteiger partial charge on any atom is 0.305 e. The van der Waals surface area contributed by atoms with E-state index in [1.807, 2.05) is 72.8 Å². The summed E-state index contributed by atoms with van der Waals surface area (Å²) in [7, 11) is 1.61. The zero-order valence-electron chi connectivity index (χ0n) is 17.5. The Labute approximate surface area is 185 Å². The second-order valence-electron chi connectivity index (χ2n) is 7.49. The van der Waals surface area contributed by atoms with Gasteiger partial charge >= 0.3 is 5.79 Å². The molecule has 160 valence electrons. The highest BCUT2D eigenvalue weighted by molar-refractivity contribution is 5.59. The molecule has 0 aliphatic carbocycles. The van der Waals surface area contributed by atoms with Gasteiger partial charge in [-0.25, -0.2) is 4.98 Å². The van der Waals surface area contributed by atoms with Crippen LogP contribution in [0.3, 0.4) is 0 Å². The molecule has 4 aromatic rings. The molecular weight excluding hydrogens is 404 g/mol. The highest BCUT2D eigenvalue weighted by atomic mass is 16.7. The van der Waals surface area contributed by atoms with E-state index in [1.165, 1.54) is 0 Å². The molecule has 0 atom stereocenters. The summed E-state index contributed by atoms with van der Waals surface area (Å²) in [6.07, 6.45) is 2.12. The fourth-order valence-corrected chi connectivity index (χ4v) is 3.89. The fourth-order valence-electron chi connectivity index (χ4n) is 3.89. The molecular formula is C25H22N4O3. The summed E-state index contributed by atoms with van der Waals surface area (Å²) < 4.78 is 18.7. The van der Waals surface area contributed by atoms with Crippen molar-refractivity contribution in [2.45, 2.75) is 12.2 Å². The van der Waals surface area contributed by atoms with Crippen LogP contribution in [0.5, 0.6) is 17.2 Å². The van der Waals surface area contributed by atoms with Gasteiger partial charge in [0, 0.05) is 29.3 Å². The number of methoxy groups -OCH3 is 1. The van der Waals surface area contributed by atoms with Crippen LogP contribution >= 0.6 is 0 Å². The summed E-state index contributed by atoms with van der Waals surface area (Å²) in [6, 6.07) is 23.5. The van der Waals surface area contributed by atoms with Crippen LogP contribution in [0, 0.1) is 0 Å². The van der Waals surface area contributed by atoms with E-state index in [0.717, 1.165) is 22.3 Å². The van der Waals surface area contributed by atoms with Gasteiger partial charge in [-0.3, -0.25) is 0 Å². The van der Waals surface area contributed by atoms with E-state index in [2.05, 4.69) is 9.97 Å². The topological polar surface area (TPSA) is 106 Å². The summed E-state index contributed by atoms with van der Waals surface area (Å²) >= 11 is 0. The van der Waals surface area contributed by atoms with Crippen LogP contribution in [0.15, 0.2) is 79.0 Å². The van der Waals surface area contributed by atoms with Gasteiger partial charge in [-0.2, -0.15) is 4.98 Å². The van der Waals surface area contributed by atoms with Crippen LogP contribution in [0.2, 0.25) is 0 Å². The molecule has 7 heteroatoms. The molecule has 0 spiro atoms. The highest BCUT2D eigenvalue weighted by Crippen LogP contribution is 2.52. The number of nitrogen functional groups attached to an aromatic ring is 2. The fraction of sp³-hybridized carbons (Fsp3) is 0.120. The molecule has 0 saturated carbocycles. The van der Waals surface area contributed by atoms with Gasteiger partial charge < -0.3 is 25.7 Å². The number of fused-ring (bicyclic) bond motifs is 1. The smallest absolute Gasteiger partial charge is 0.305 e. The summed E-state index contributed by atoms with van der Waals surface area (Å²) in [6.45, 7) is 0. The monoisotopic (exact) mass is 426 g/mol. The Balaban J connectivity index is 1.59. The summed E-state index contributed by atoms with van der Waals surface area (Å²) in [4.78, 5) is 8.10. The number of benzene rings is 3. The number of aromatic nitrogens is 2. The van der Waals surface area contributed by atoms with Gasteiger partial charge in [0.05, 0.1) is 7.11 Å². The Morgan fingerprint density at radius 1 is 0.906 bits per heavy atom. The summed E-state index contributed by atoms with van der Waals surface area (Å²) in [5, 5.41) is 0. The van der Waals surface area contributed by atoms with Gasteiger partial charge in [-0.15, -0.1) is 0 Å². The Hall–Kier alpha value is -4.26. The van der Waals surface area contributed by atoms with Gasteiger partial charge in [0.1, 0.15) is 5.82 Å². The molecule has 5 rings (SSSR count). The molecule has 32 heavy (non-hydrogen) atoms. The summed E-state index contributed by atoms with van der Waals surface area (Å²) in [5.74, 6) is 1.07. The Bertz CT molecular complexity index is 1220. The van der Waals surface area contributed by atoms with E-state index in [1.54, 1.807) is 13.3 Å². The van der Waals surface area contributed by atoms with Crippen molar-refractivity contribution < 1.29 is 14.2 Å². The average molecular weight is 426 g/mol. The molecule has 4 N–H and O–H groups in total. The lowest BCUT2D eigenvalue weighted by Gasteiger charge is -2.28. The average Bonchev–Trinajstić information content (AvgIpc) is 3.22. The number of anilines is 2. The van der Waals surface area contributed by atoms with E-state index < -0.39 is 5.79 Å². The van der Waals surface area contributed by atoms with E-state index in [-0.39, 0.29) is 5.95 Å². The maximum atomic E-state index is 6.55. The van der Waals surface area contributed by atoms with Crippen LogP contribution in [0.4, 0.5) is 11.8 Å². The molecule has 0 bridgehead atoms. The molecule has 0 unspecified atom stereocenters. The minimum absolute atomic E-state index is 0.144. The number of hydrogen-bond acceptors (Lipinski definition) is 7. The number of ether oxygens (including phenoxy) is 3. The minimum atomic E-state index is -1.12. The normalized spacial score (nSPS) is 13.7. The second kappa shape index (κ2) is 7.77. The van der Waals surface area contributed by atoms with Crippen molar-refractivity contribution >= 4 is 11.8 Å². The van der Waals surface area contributed by atoms with Crippen molar-refractivity contribution in [2.75, 3.05) is 18.6 Å². The minimum Gasteiger partial charge on any atom is -0.493 e. The first-order chi connectivity index (χ1) is 15.6. The first-order valence-corrected chi connectivity index (χ1v) is 10.2. The first kappa shape index (κ1) is 19.7. The molecule has 0 amide bonds. The molecule has 2 heterocycles. The predicted molar refractivity (Wildman–Crippen MR) is 122 cm³/mol. The van der Waals surface area contributed by atoms with Gasteiger partial charge in [0.2, 0.25) is 11.7 Å². The third kappa shape index (κ3) is 3.33. The van der Waals surface area contributed by atoms with E-state index in [9.17, 15) is 0 Å². The molecule has 7 nitrogen and oxygen atoms in total. The van der Waals surface area contributed by atoms with E-state index >= 15 is 0 Å². The maximum absolute atomic E-state index is 6.55. The van der Waals surface area contributed by atoms with Crippen LogP contribution in [0.1, 0.15) is 22.3 Å². The third-order valence-corrected chi connectivity index (χ3v) is 5.42. The predicted octanol–water partition coefficient (Wildman–Crippen LogP) is 3.91. The number of nitrogens with two attached hydrogens (primary N) is 2. The van der Waals surface area contributed by atoms with Crippen molar-refractivity contribution in [3.8, 4) is 17.2 Å². The van der Waals surface area contributed by atoms with Gasteiger partial charge in [0.15, 0.2) is 11.5 Å². The van der Waals surface area contributed by atoms with Gasteiger partial charge in [0.25, 0.3) is 0 Å². The molecule has 1 aliphatic rings. The molecule has 0 fully saturated rings. The highest BCUT2D eigenvalue weighted by Gasteiger charge is 2.46. The Morgan fingerprint density at radius 3 is 2.16 bits per heavy atom. The van der Waals surface area contributed by atoms with Crippen LogP contribution in [-0.4, -0.2) is 17.1 Å². The lowest BCUT2D eigenvalue weighted by Crippen LogP contribution is -2.36. The Kier molecular flexibility index (Phi) is 4.78. The number of hydrogen-bond donors (Lipinski definition) is 2. The number of rotatable bonds is 5. The van der Waals surface area contributed by atoms with Crippen LogP contribution < -0.4 is 25.7 Å². The molecule has 0 saturated heterocycles. The zero-order valence-corrected chi connectivity index (χ0v) is 17.5. The molecule has 0 radical (unpaired) electrons. The third-order valence-electron chi connectivity index (χ3n) is 5.42. The standard InChI is InChI=1S/C25H22N4O3/c1-30-20-13-16(12-17-15-28-24(27)29-23(17)26)14-21-22(20)32-25(31-21,18-8-4-2-5-9-18)19-10-6-3-7-11-19/h2-11,13-15H,12H2,1H3,(H4,26,27,28,29). The Morgan fingerprint density at radius 2 is 1.56 bits per heavy atom. The van der Waals surface area contributed by atoms with Crippen LogP contribution in [0.25, 0.3) is 0 Å². The largest absolute Gasteiger partial charge is 0.493 e. The molecule has 3 aromatic carbocycles. The van der Waals surface area contributed by atoms with Crippen molar-refractivity contribution in [3.63, 3.8) is 0 Å². The van der Waals surface area contributed by atoms with E-state index in [0.29, 0.717) is 29.5 Å². The second-order valence-corrected chi connectivity index (χ2v) is 7.49. The lowest BCUT2D eigenvalue weighted by atomic mass is 9.97. The molecule has 1 aliphatic heterocycles.